The van der Waals surface area contributed by atoms with E-state index in [9.17, 15) is 19.2 Å². The lowest BCUT2D eigenvalue weighted by Gasteiger charge is -2.07. The summed E-state index contributed by atoms with van der Waals surface area (Å²) in [5.74, 6) is -1.04. The number of hydrazine groups is 2. The van der Waals surface area contributed by atoms with E-state index in [-0.39, 0.29) is 23.6 Å². The van der Waals surface area contributed by atoms with E-state index in [2.05, 4.69) is 21.7 Å². The van der Waals surface area contributed by atoms with Gasteiger partial charge in [-0.1, -0.05) is 37.8 Å². The predicted octanol–water partition coefficient (Wildman–Crippen LogP) is 3.15. The topological polar surface area (TPSA) is 116 Å². The molecule has 0 radical (unpaired) electrons. The average Bonchev–Trinajstić information content (AvgIpc) is 3.46. The first-order valence-electron chi connectivity index (χ1n) is 9.81. The fraction of sp³-hybridized carbons (Fsp3) is 0.400. The summed E-state index contributed by atoms with van der Waals surface area (Å²) in [4.78, 5) is 47.9. The van der Waals surface area contributed by atoms with Crippen molar-refractivity contribution in [1.82, 2.24) is 21.7 Å². The van der Waals surface area contributed by atoms with Gasteiger partial charge in [-0.2, -0.15) is 0 Å². The Balaban J connectivity index is 1.39. The molecule has 8 nitrogen and oxygen atoms in total. The van der Waals surface area contributed by atoms with E-state index in [1.54, 1.807) is 35.0 Å². The van der Waals surface area contributed by atoms with Gasteiger partial charge in [0.15, 0.2) is 0 Å². The molecule has 0 saturated carbocycles. The molecule has 30 heavy (non-hydrogen) atoms. The van der Waals surface area contributed by atoms with Crippen LogP contribution in [0.5, 0.6) is 0 Å². The maximum atomic E-state index is 11.7. The van der Waals surface area contributed by atoms with Gasteiger partial charge in [0, 0.05) is 12.8 Å². The van der Waals surface area contributed by atoms with Crippen LogP contribution in [-0.2, 0) is 9.59 Å². The van der Waals surface area contributed by atoms with Crippen LogP contribution in [0.3, 0.4) is 0 Å². The van der Waals surface area contributed by atoms with E-state index in [1.807, 2.05) is 0 Å². The third-order valence-corrected chi connectivity index (χ3v) is 5.92. The number of unbranched alkanes of at least 4 members (excludes halogenated alkanes) is 5. The number of rotatable bonds is 11. The van der Waals surface area contributed by atoms with E-state index < -0.39 is 0 Å². The highest BCUT2D eigenvalue weighted by atomic mass is 32.1. The Morgan fingerprint density at radius 3 is 1.37 bits per heavy atom. The van der Waals surface area contributed by atoms with Gasteiger partial charge in [-0.05, 0) is 35.7 Å². The van der Waals surface area contributed by atoms with Crippen LogP contribution < -0.4 is 21.7 Å². The van der Waals surface area contributed by atoms with Gasteiger partial charge in [-0.15, -0.1) is 22.7 Å². The molecule has 2 aromatic heterocycles. The summed E-state index contributed by atoms with van der Waals surface area (Å²) in [6.45, 7) is 0. The maximum Gasteiger partial charge on any atom is 0.279 e. The highest BCUT2D eigenvalue weighted by Crippen LogP contribution is 2.10. The van der Waals surface area contributed by atoms with E-state index in [4.69, 9.17) is 0 Å². The van der Waals surface area contributed by atoms with Crippen LogP contribution in [0.1, 0.15) is 70.7 Å². The van der Waals surface area contributed by atoms with Gasteiger partial charge in [-0.3, -0.25) is 40.9 Å². The zero-order valence-electron chi connectivity index (χ0n) is 16.6. The van der Waals surface area contributed by atoms with E-state index >= 15 is 0 Å². The Bertz CT molecular complexity index is 739. The molecule has 0 aliphatic carbocycles. The summed E-state index contributed by atoms with van der Waals surface area (Å²) >= 11 is 2.62. The molecule has 162 valence electrons. The fourth-order valence-corrected chi connectivity index (χ4v) is 3.83. The van der Waals surface area contributed by atoms with Crippen LogP contribution in [0.2, 0.25) is 0 Å². The number of thiophene rings is 2. The number of nitrogens with one attached hydrogen (secondary N) is 4. The summed E-state index contributed by atoms with van der Waals surface area (Å²) in [5.41, 5.74) is 9.63. The van der Waals surface area contributed by atoms with Crippen molar-refractivity contribution < 1.29 is 19.2 Å². The lowest BCUT2D eigenvalue weighted by Crippen LogP contribution is -2.41. The van der Waals surface area contributed by atoms with Crippen LogP contribution in [-0.4, -0.2) is 23.6 Å². The molecule has 4 amide bonds. The minimum absolute atomic E-state index is 0.207. The van der Waals surface area contributed by atoms with E-state index in [0.717, 1.165) is 38.5 Å². The number of carbonyl (C=O) groups excluding carboxylic acids is 4. The molecule has 0 atom stereocenters. The van der Waals surface area contributed by atoms with Crippen LogP contribution in [0.4, 0.5) is 0 Å². The van der Waals surface area contributed by atoms with Crippen LogP contribution in [0, 0.1) is 0 Å². The van der Waals surface area contributed by atoms with Gasteiger partial charge in [0.2, 0.25) is 11.8 Å². The molecule has 0 saturated heterocycles. The molecule has 2 heterocycles. The number of hydrogen-bond donors (Lipinski definition) is 4. The van der Waals surface area contributed by atoms with Gasteiger partial charge >= 0.3 is 0 Å². The van der Waals surface area contributed by atoms with Crippen LogP contribution in [0.15, 0.2) is 35.0 Å². The Morgan fingerprint density at radius 2 is 1.00 bits per heavy atom. The molecule has 0 spiro atoms. The van der Waals surface area contributed by atoms with Crippen molar-refractivity contribution in [3.8, 4) is 0 Å². The standard InChI is InChI=1S/C20H26N4O4S2/c25-17(21-23-19(27)15-9-7-13-29-15)11-5-3-1-2-4-6-12-18(26)22-24-20(28)16-10-8-14-30-16/h7-10,13-14H,1-6,11-12H2,(H,21,25)(H,22,26)(H,23,27)(H,24,28). The average molecular weight is 451 g/mol. The lowest BCUT2D eigenvalue weighted by atomic mass is 10.1. The summed E-state index contributed by atoms with van der Waals surface area (Å²) in [7, 11) is 0. The van der Waals surface area contributed by atoms with Crippen LogP contribution >= 0.6 is 22.7 Å². The van der Waals surface area contributed by atoms with Crippen molar-refractivity contribution in [3.63, 3.8) is 0 Å². The normalized spacial score (nSPS) is 10.3. The number of carbonyl (C=O) groups is 4. The van der Waals surface area contributed by atoms with Crippen molar-refractivity contribution in [1.29, 1.82) is 0 Å². The van der Waals surface area contributed by atoms with Crippen molar-refractivity contribution >= 4 is 46.3 Å². The van der Waals surface area contributed by atoms with Crippen LogP contribution in [0.25, 0.3) is 0 Å². The Kier molecular flexibility index (Phi) is 10.6. The molecule has 2 aromatic rings. The SMILES string of the molecule is O=C(CCCCCCCCC(=O)NNC(=O)c1cccs1)NNC(=O)c1cccs1. The van der Waals surface area contributed by atoms with E-state index in [1.165, 1.54) is 22.7 Å². The molecule has 0 bridgehead atoms. The number of hydrogen-bond acceptors (Lipinski definition) is 6. The largest absolute Gasteiger partial charge is 0.279 e. The van der Waals surface area contributed by atoms with Gasteiger partial charge in [0.1, 0.15) is 0 Å². The highest BCUT2D eigenvalue weighted by Gasteiger charge is 2.09. The third-order valence-electron chi connectivity index (χ3n) is 4.18. The summed E-state index contributed by atoms with van der Waals surface area (Å²) < 4.78 is 0. The van der Waals surface area contributed by atoms with Gasteiger partial charge < -0.3 is 0 Å². The van der Waals surface area contributed by atoms with Crippen molar-refractivity contribution in [2.24, 2.45) is 0 Å². The smallest absolute Gasteiger partial charge is 0.273 e. The Hall–Kier alpha value is -2.72. The van der Waals surface area contributed by atoms with Gasteiger partial charge in [-0.25, -0.2) is 0 Å². The molecular formula is C20H26N4O4S2. The first-order valence-corrected chi connectivity index (χ1v) is 11.6. The van der Waals surface area contributed by atoms with E-state index in [0.29, 0.717) is 22.6 Å². The maximum absolute atomic E-state index is 11.7. The van der Waals surface area contributed by atoms with Gasteiger partial charge in [0.25, 0.3) is 11.8 Å². The lowest BCUT2D eigenvalue weighted by molar-refractivity contribution is -0.122. The second-order valence-corrected chi connectivity index (χ2v) is 8.48. The molecule has 0 aliphatic rings. The first-order chi connectivity index (χ1) is 14.6. The molecule has 2 rings (SSSR count). The Morgan fingerprint density at radius 1 is 0.600 bits per heavy atom. The monoisotopic (exact) mass is 450 g/mol. The molecule has 0 fully saturated rings. The van der Waals surface area contributed by atoms with Gasteiger partial charge in [0.05, 0.1) is 9.75 Å². The summed E-state index contributed by atoms with van der Waals surface area (Å²) in [6.07, 6.45) is 5.99. The van der Waals surface area contributed by atoms with Crippen molar-refractivity contribution in [2.45, 2.75) is 51.4 Å². The highest BCUT2D eigenvalue weighted by molar-refractivity contribution is 7.12. The molecule has 4 N–H and O–H groups in total. The zero-order chi connectivity index (χ0) is 21.6. The first kappa shape index (κ1) is 23.6. The zero-order valence-corrected chi connectivity index (χ0v) is 18.2. The molecule has 10 heteroatoms. The van der Waals surface area contributed by atoms with Crippen molar-refractivity contribution in [3.05, 3.63) is 44.8 Å². The predicted molar refractivity (Wildman–Crippen MR) is 117 cm³/mol. The molecule has 0 aromatic carbocycles. The Labute approximate surface area is 183 Å². The molecule has 0 unspecified atom stereocenters. The molecule has 0 aliphatic heterocycles. The summed E-state index contributed by atoms with van der Waals surface area (Å²) in [6, 6.07) is 6.93. The van der Waals surface area contributed by atoms with Crippen molar-refractivity contribution in [2.75, 3.05) is 0 Å². The summed E-state index contributed by atoms with van der Waals surface area (Å²) in [5, 5.41) is 3.60. The molecular weight excluding hydrogens is 424 g/mol. The fourth-order valence-electron chi connectivity index (χ4n) is 2.59. The number of amides is 4. The quantitative estimate of drug-likeness (QED) is 0.311. The second kappa shape index (κ2) is 13.5. The second-order valence-electron chi connectivity index (χ2n) is 6.58. The minimum atomic E-state index is -0.312. The minimum Gasteiger partial charge on any atom is -0.273 e. The third kappa shape index (κ3) is 9.19.